The summed E-state index contributed by atoms with van der Waals surface area (Å²) >= 11 is 0. The number of hydrogen-bond donors (Lipinski definition) is 1. The Bertz CT molecular complexity index is 341. The van der Waals surface area contributed by atoms with Gasteiger partial charge in [-0.15, -0.1) is 0 Å². The number of aliphatic carboxylic acids is 1. The maximum absolute atomic E-state index is 10.5. The van der Waals surface area contributed by atoms with Crippen molar-refractivity contribution in [2.75, 3.05) is 6.61 Å². The quantitative estimate of drug-likeness (QED) is 0.594. The lowest BCUT2D eigenvalue weighted by atomic mass is 10.2. The highest BCUT2D eigenvalue weighted by Crippen LogP contribution is 2.08. The monoisotopic (exact) mass is 206 g/mol. The second kappa shape index (κ2) is 5.86. The van der Waals surface area contributed by atoms with Crippen LogP contribution in [-0.2, 0) is 4.79 Å². The van der Waals surface area contributed by atoms with Crippen LogP contribution in [0.3, 0.4) is 0 Å². The lowest BCUT2D eigenvalue weighted by Gasteiger charge is -2.03. The predicted molar refractivity (Wildman–Crippen MR) is 57.9 cm³/mol. The number of carboxylic acids is 1. The van der Waals surface area contributed by atoms with Crippen molar-refractivity contribution in [3.63, 3.8) is 0 Å². The van der Waals surface area contributed by atoms with Crippen LogP contribution in [0.2, 0.25) is 0 Å². The van der Waals surface area contributed by atoms with E-state index < -0.39 is 5.97 Å². The largest absolute Gasteiger partial charge is 0.493 e. The van der Waals surface area contributed by atoms with Crippen LogP contribution in [0.25, 0.3) is 0 Å². The van der Waals surface area contributed by atoms with Gasteiger partial charge in [-0.1, -0.05) is 24.3 Å². The van der Waals surface area contributed by atoms with E-state index in [9.17, 15) is 4.79 Å². The molecular formula is C12H14O3. The minimum Gasteiger partial charge on any atom is -0.493 e. The number of para-hydroxylation sites is 1. The summed E-state index contributed by atoms with van der Waals surface area (Å²) in [7, 11) is 0. The molecule has 3 nitrogen and oxygen atoms in total. The molecule has 1 rings (SSSR count). The molecule has 0 aromatic heterocycles. The van der Waals surface area contributed by atoms with E-state index in [2.05, 4.69) is 0 Å². The molecule has 0 bridgehead atoms. The van der Waals surface area contributed by atoms with E-state index in [-0.39, 0.29) is 0 Å². The molecule has 0 aliphatic rings. The van der Waals surface area contributed by atoms with E-state index in [1.165, 1.54) is 0 Å². The van der Waals surface area contributed by atoms with Gasteiger partial charge >= 0.3 is 5.97 Å². The molecule has 1 aromatic rings. The van der Waals surface area contributed by atoms with Crippen LogP contribution in [0.5, 0.6) is 5.75 Å². The minimum absolute atomic E-state index is 0.353. The lowest BCUT2D eigenvalue weighted by molar-refractivity contribution is -0.132. The predicted octanol–water partition coefficient (Wildman–Crippen LogP) is 2.49. The first-order chi connectivity index (χ1) is 7.20. The van der Waals surface area contributed by atoms with Crippen LogP contribution in [0.4, 0.5) is 0 Å². The summed E-state index contributed by atoms with van der Waals surface area (Å²) in [6.07, 6.45) is 2.26. The molecule has 0 saturated carbocycles. The smallest absolute Gasteiger partial charge is 0.330 e. The van der Waals surface area contributed by atoms with Crippen LogP contribution in [0.15, 0.2) is 42.0 Å². The van der Waals surface area contributed by atoms with Crippen LogP contribution in [0.1, 0.15) is 13.3 Å². The molecule has 0 amide bonds. The molecule has 0 atom stereocenters. The summed E-state index contributed by atoms with van der Waals surface area (Å²) in [4.78, 5) is 10.5. The SMILES string of the molecule is C/C(=C\CCOc1ccccc1)C(=O)O. The van der Waals surface area contributed by atoms with E-state index in [1.54, 1.807) is 13.0 Å². The Morgan fingerprint density at radius 2 is 2.07 bits per heavy atom. The van der Waals surface area contributed by atoms with E-state index in [0.717, 1.165) is 5.75 Å². The molecule has 0 saturated heterocycles. The molecule has 0 spiro atoms. The van der Waals surface area contributed by atoms with Gasteiger partial charge in [-0.3, -0.25) is 0 Å². The van der Waals surface area contributed by atoms with Gasteiger partial charge in [0.15, 0.2) is 0 Å². The average molecular weight is 206 g/mol. The Morgan fingerprint density at radius 3 is 2.67 bits per heavy atom. The molecule has 1 N–H and O–H groups in total. The zero-order valence-electron chi connectivity index (χ0n) is 8.64. The van der Waals surface area contributed by atoms with Crippen LogP contribution in [0, 0.1) is 0 Å². The highest BCUT2D eigenvalue weighted by Gasteiger charge is 1.97. The zero-order chi connectivity index (χ0) is 11.1. The fraction of sp³-hybridized carbons (Fsp3) is 0.250. The summed E-state index contributed by atoms with van der Waals surface area (Å²) in [6.45, 7) is 2.07. The van der Waals surface area contributed by atoms with Crippen molar-refractivity contribution in [3.05, 3.63) is 42.0 Å². The summed E-state index contributed by atoms with van der Waals surface area (Å²) in [5, 5.41) is 8.59. The normalized spacial score (nSPS) is 11.1. The Labute approximate surface area is 89.0 Å². The maximum atomic E-state index is 10.5. The van der Waals surface area contributed by atoms with Crippen LogP contribution in [-0.4, -0.2) is 17.7 Å². The zero-order valence-corrected chi connectivity index (χ0v) is 8.64. The van der Waals surface area contributed by atoms with Crippen molar-refractivity contribution >= 4 is 5.97 Å². The van der Waals surface area contributed by atoms with Crippen molar-refractivity contribution in [1.82, 2.24) is 0 Å². The topological polar surface area (TPSA) is 46.5 Å². The van der Waals surface area contributed by atoms with Crippen molar-refractivity contribution in [3.8, 4) is 5.75 Å². The summed E-state index contributed by atoms with van der Waals surface area (Å²) < 4.78 is 5.40. The number of carbonyl (C=O) groups is 1. The van der Waals surface area contributed by atoms with Crippen molar-refractivity contribution < 1.29 is 14.6 Å². The van der Waals surface area contributed by atoms with Gasteiger partial charge in [-0.05, 0) is 19.1 Å². The molecule has 0 heterocycles. The summed E-state index contributed by atoms with van der Waals surface area (Å²) in [5.41, 5.74) is 0.353. The van der Waals surface area contributed by atoms with Gasteiger partial charge in [0, 0.05) is 12.0 Å². The number of rotatable bonds is 5. The first-order valence-corrected chi connectivity index (χ1v) is 4.78. The molecule has 0 aliphatic heterocycles. The van der Waals surface area contributed by atoms with Gasteiger partial charge in [-0.25, -0.2) is 4.79 Å². The molecule has 80 valence electrons. The van der Waals surface area contributed by atoms with Crippen LogP contribution < -0.4 is 4.74 Å². The molecular weight excluding hydrogens is 192 g/mol. The Balaban J connectivity index is 2.29. The van der Waals surface area contributed by atoms with Crippen molar-refractivity contribution in [2.24, 2.45) is 0 Å². The molecule has 3 heteroatoms. The molecule has 1 aromatic carbocycles. The number of carboxylic acid groups (broad SMARTS) is 1. The molecule has 0 unspecified atom stereocenters. The van der Waals surface area contributed by atoms with Gasteiger partial charge < -0.3 is 9.84 Å². The summed E-state index contributed by atoms with van der Waals surface area (Å²) in [6, 6.07) is 9.45. The first kappa shape index (κ1) is 11.3. The Hall–Kier alpha value is -1.77. The fourth-order valence-corrected chi connectivity index (χ4v) is 1.06. The van der Waals surface area contributed by atoms with Gasteiger partial charge in [0.25, 0.3) is 0 Å². The van der Waals surface area contributed by atoms with E-state index in [0.29, 0.717) is 18.6 Å². The second-order valence-electron chi connectivity index (χ2n) is 3.14. The Kier molecular flexibility index (Phi) is 4.41. The third-order valence-corrected chi connectivity index (χ3v) is 1.92. The molecule has 0 fully saturated rings. The highest BCUT2D eigenvalue weighted by atomic mass is 16.5. The average Bonchev–Trinajstić information content (AvgIpc) is 2.25. The fourth-order valence-electron chi connectivity index (χ4n) is 1.06. The third kappa shape index (κ3) is 4.31. The number of benzene rings is 1. The van der Waals surface area contributed by atoms with E-state index in [1.807, 2.05) is 30.3 Å². The van der Waals surface area contributed by atoms with E-state index >= 15 is 0 Å². The third-order valence-electron chi connectivity index (χ3n) is 1.92. The Morgan fingerprint density at radius 1 is 1.40 bits per heavy atom. The molecule has 0 radical (unpaired) electrons. The van der Waals surface area contributed by atoms with Gasteiger partial charge in [0.1, 0.15) is 5.75 Å². The minimum atomic E-state index is -0.880. The number of hydrogen-bond acceptors (Lipinski definition) is 2. The first-order valence-electron chi connectivity index (χ1n) is 4.78. The van der Waals surface area contributed by atoms with E-state index in [4.69, 9.17) is 9.84 Å². The highest BCUT2D eigenvalue weighted by molar-refractivity contribution is 5.85. The maximum Gasteiger partial charge on any atom is 0.330 e. The number of ether oxygens (including phenoxy) is 1. The van der Waals surface area contributed by atoms with Crippen molar-refractivity contribution in [1.29, 1.82) is 0 Å². The lowest BCUT2D eigenvalue weighted by Crippen LogP contribution is -1.99. The van der Waals surface area contributed by atoms with Gasteiger partial charge in [-0.2, -0.15) is 0 Å². The summed E-state index contributed by atoms with van der Waals surface area (Å²) in [5.74, 6) is -0.0754. The van der Waals surface area contributed by atoms with Gasteiger partial charge in [0.2, 0.25) is 0 Å². The van der Waals surface area contributed by atoms with Crippen LogP contribution >= 0.6 is 0 Å². The second-order valence-corrected chi connectivity index (χ2v) is 3.14. The molecule has 0 aliphatic carbocycles. The molecule has 15 heavy (non-hydrogen) atoms. The van der Waals surface area contributed by atoms with Gasteiger partial charge in [0.05, 0.1) is 6.61 Å². The van der Waals surface area contributed by atoms with Crippen molar-refractivity contribution in [2.45, 2.75) is 13.3 Å². The standard InChI is InChI=1S/C12H14O3/c1-10(12(13)14)6-5-9-15-11-7-3-2-4-8-11/h2-4,6-8H,5,9H2,1H3,(H,13,14)/b10-6+.